The fourth-order valence-electron chi connectivity index (χ4n) is 1.34. The van der Waals surface area contributed by atoms with E-state index in [9.17, 15) is 9.59 Å². The molecular weight excluding hydrogens is 218 g/mol. The van der Waals surface area contributed by atoms with Crippen LogP contribution < -0.4 is 5.32 Å². The standard InChI is InChI=1S/C13H17NO3/c1-8(2)10-5-4-6-11(7-10)14-12(15)9(3)13(16)17/h4-9H,1-3H3,(H,14,15)(H,16,17). The van der Waals surface area contributed by atoms with Gasteiger partial charge in [-0.25, -0.2) is 0 Å². The van der Waals surface area contributed by atoms with Crippen molar-refractivity contribution in [3.63, 3.8) is 0 Å². The Morgan fingerprint density at radius 2 is 1.88 bits per heavy atom. The van der Waals surface area contributed by atoms with Crippen LogP contribution in [0, 0.1) is 5.92 Å². The van der Waals surface area contributed by atoms with Crippen LogP contribution in [0.25, 0.3) is 0 Å². The number of rotatable bonds is 4. The molecule has 4 nitrogen and oxygen atoms in total. The van der Waals surface area contributed by atoms with Gasteiger partial charge >= 0.3 is 5.97 Å². The second-order valence-corrected chi connectivity index (χ2v) is 4.33. The molecule has 1 amide bonds. The van der Waals surface area contributed by atoms with Gasteiger partial charge in [-0.2, -0.15) is 0 Å². The van der Waals surface area contributed by atoms with Crippen molar-refractivity contribution in [2.45, 2.75) is 26.7 Å². The number of hydrogen-bond donors (Lipinski definition) is 2. The number of hydrogen-bond acceptors (Lipinski definition) is 2. The van der Waals surface area contributed by atoms with Gasteiger partial charge < -0.3 is 10.4 Å². The van der Waals surface area contributed by atoms with Crippen LogP contribution in [0.4, 0.5) is 5.69 Å². The lowest BCUT2D eigenvalue weighted by Gasteiger charge is -2.11. The molecule has 0 saturated carbocycles. The van der Waals surface area contributed by atoms with Crippen molar-refractivity contribution in [1.82, 2.24) is 0 Å². The zero-order chi connectivity index (χ0) is 13.0. The summed E-state index contributed by atoms with van der Waals surface area (Å²) in [6.07, 6.45) is 0. The van der Waals surface area contributed by atoms with Crippen LogP contribution in [0.2, 0.25) is 0 Å². The highest BCUT2D eigenvalue weighted by Gasteiger charge is 2.20. The van der Waals surface area contributed by atoms with E-state index in [4.69, 9.17) is 5.11 Å². The quantitative estimate of drug-likeness (QED) is 0.788. The summed E-state index contributed by atoms with van der Waals surface area (Å²) in [7, 11) is 0. The fourth-order valence-corrected chi connectivity index (χ4v) is 1.34. The molecule has 1 aromatic carbocycles. The number of anilines is 1. The molecule has 0 aliphatic heterocycles. The highest BCUT2D eigenvalue weighted by atomic mass is 16.4. The van der Waals surface area contributed by atoms with Crippen molar-refractivity contribution in [2.75, 3.05) is 5.32 Å². The first-order chi connectivity index (χ1) is 7.91. The van der Waals surface area contributed by atoms with Gasteiger partial charge in [0.25, 0.3) is 0 Å². The Bertz CT molecular complexity index is 426. The number of amides is 1. The van der Waals surface area contributed by atoms with Crippen molar-refractivity contribution in [1.29, 1.82) is 0 Å². The van der Waals surface area contributed by atoms with Crippen LogP contribution >= 0.6 is 0 Å². The molecule has 0 aromatic heterocycles. The summed E-state index contributed by atoms with van der Waals surface area (Å²) in [4.78, 5) is 22.2. The van der Waals surface area contributed by atoms with E-state index in [2.05, 4.69) is 19.2 Å². The Kier molecular flexibility index (Phi) is 4.26. The highest BCUT2D eigenvalue weighted by molar-refractivity contribution is 6.03. The summed E-state index contributed by atoms with van der Waals surface area (Å²) in [5.74, 6) is -2.30. The third kappa shape index (κ3) is 3.59. The molecule has 2 N–H and O–H groups in total. The first kappa shape index (κ1) is 13.2. The van der Waals surface area contributed by atoms with Gasteiger partial charge in [-0.3, -0.25) is 9.59 Å². The topological polar surface area (TPSA) is 66.4 Å². The Morgan fingerprint density at radius 1 is 1.24 bits per heavy atom. The minimum atomic E-state index is -1.12. The largest absolute Gasteiger partial charge is 0.481 e. The SMILES string of the molecule is CC(C(=O)O)C(=O)Nc1cccc(C(C)C)c1. The van der Waals surface area contributed by atoms with Crippen LogP contribution in [0.3, 0.4) is 0 Å². The van der Waals surface area contributed by atoms with E-state index in [1.807, 2.05) is 18.2 Å². The number of nitrogens with one attached hydrogen (secondary N) is 1. The molecule has 1 aromatic rings. The molecule has 0 saturated heterocycles. The molecule has 0 fully saturated rings. The smallest absolute Gasteiger partial charge is 0.315 e. The number of carbonyl (C=O) groups is 2. The van der Waals surface area contributed by atoms with E-state index < -0.39 is 17.8 Å². The van der Waals surface area contributed by atoms with Crippen molar-refractivity contribution in [3.8, 4) is 0 Å². The van der Waals surface area contributed by atoms with Crippen molar-refractivity contribution in [2.24, 2.45) is 5.92 Å². The third-order valence-corrected chi connectivity index (χ3v) is 2.58. The van der Waals surface area contributed by atoms with Gasteiger partial charge in [0, 0.05) is 5.69 Å². The first-order valence-corrected chi connectivity index (χ1v) is 5.55. The third-order valence-electron chi connectivity index (χ3n) is 2.58. The molecule has 0 aliphatic carbocycles. The lowest BCUT2D eigenvalue weighted by Crippen LogP contribution is -2.26. The van der Waals surface area contributed by atoms with E-state index in [1.165, 1.54) is 6.92 Å². The summed E-state index contributed by atoms with van der Waals surface area (Å²) in [6.45, 7) is 5.48. The fraction of sp³-hybridized carbons (Fsp3) is 0.385. The van der Waals surface area contributed by atoms with Crippen LogP contribution in [-0.2, 0) is 9.59 Å². The highest BCUT2D eigenvalue weighted by Crippen LogP contribution is 2.18. The second-order valence-electron chi connectivity index (χ2n) is 4.33. The molecule has 0 radical (unpaired) electrons. The number of carboxylic acid groups (broad SMARTS) is 1. The Morgan fingerprint density at radius 3 is 2.41 bits per heavy atom. The minimum absolute atomic E-state index is 0.365. The molecule has 1 rings (SSSR count). The molecule has 17 heavy (non-hydrogen) atoms. The molecule has 1 unspecified atom stereocenters. The van der Waals surface area contributed by atoms with Gasteiger partial charge in [0.15, 0.2) is 0 Å². The van der Waals surface area contributed by atoms with E-state index in [0.29, 0.717) is 11.6 Å². The van der Waals surface area contributed by atoms with Gasteiger partial charge in [-0.05, 0) is 30.5 Å². The first-order valence-electron chi connectivity index (χ1n) is 5.55. The predicted octanol–water partition coefficient (Wildman–Crippen LogP) is 2.47. The van der Waals surface area contributed by atoms with Gasteiger partial charge in [0.1, 0.15) is 5.92 Å². The average Bonchev–Trinajstić information content (AvgIpc) is 2.28. The van der Waals surface area contributed by atoms with Gasteiger partial charge in [0.05, 0.1) is 0 Å². The van der Waals surface area contributed by atoms with Crippen LogP contribution in [-0.4, -0.2) is 17.0 Å². The van der Waals surface area contributed by atoms with Crippen molar-refractivity contribution >= 4 is 17.6 Å². The lowest BCUT2D eigenvalue weighted by molar-refractivity contribution is -0.144. The van der Waals surface area contributed by atoms with E-state index >= 15 is 0 Å². The zero-order valence-corrected chi connectivity index (χ0v) is 10.2. The van der Waals surface area contributed by atoms with E-state index in [-0.39, 0.29) is 0 Å². The minimum Gasteiger partial charge on any atom is -0.481 e. The summed E-state index contributed by atoms with van der Waals surface area (Å²) in [6, 6.07) is 7.42. The van der Waals surface area contributed by atoms with Crippen molar-refractivity contribution < 1.29 is 14.7 Å². The molecule has 0 heterocycles. The summed E-state index contributed by atoms with van der Waals surface area (Å²) in [5.41, 5.74) is 1.74. The van der Waals surface area contributed by atoms with E-state index in [1.54, 1.807) is 6.07 Å². The monoisotopic (exact) mass is 235 g/mol. The molecule has 1 atom stereocenters. The molecule has 0 aliphatic rings. The molecule has 92 valence electrons. The predicted molar refractivity (Wildman–Crippen MR) is 66.0 cm³/mol. The summed E-state index contributed by atoms with van der Waals surface area (Å²) < 4.78 is 0. The van der Waals surface area contributed by atoms with Crippen molar-refractivity contribution in [3.05, 3.63) is 29.8 Å². The Balaban J connectivity index is 2.78. The second kappa shape index (κ2) is 5.48. The van der Waals surface area contributed by atoms with Crippen LogP contribution in [0.1, 0.15) is 32.3 Å². The van der Waals surface area contributed by atoms with Crippen LogP contribution in [0.15, 0.2) is 24.3 Å². The maximum Gasteiger partial charge on any atom is 0.315 e. The maximum atomic E-state index is 11.5. The summed E-state index contributed by atoms with van der Waals surface area (Å²) in [5, 5.41) is 11.3. The molecule has 0 bridgehead atoms. The Hall–Kier alpha value is -1.84. The van der Waals surface area contributed by atoms with Gasteiger partial charge in [-0.15, -0.1) is 0 Å². The molecular formula is C13H17NO3. The number of carbonyl (C=O) groups excluding carboxylic acids is 1. The zero-order valence-electron chi connectivity index (χ0n) is 10.2. The summed E-state index contributed by atoms with van der Waals surface area (Å²) >= 11 is 0. The number of aliphatic carboxylic acids is 1. The average molecular weight is 235 g/mol. The number of benzene rings is 1. The van der Waals surface area contributed by atoms with E-state index in [0.717, 1.165) is 5.56 Å². The van der Waals surface area contributed by atoms with Gasteiger partial charge in [-0.1, -0.05) is 26.0 Å². The molecule has 0 spiro atoms. The van der Waals surface area contributed by atoms with Gasteiger partial charge in [0.2, 0.25) is 5.91 Å². The Labute approximate surface area is 101 Å². The van der Waals surface area contributed by atoms with Crippen LogP contribution in [0.5, 0.6) is 0 Å². The molecule has 4 heteroatoms. The normalized spacial score (nSPS) is 12.2. The maximum absolute atomic E-state index is 11.5. The lowest BCUT2D eigenvalue weighted by atomic mass is 10.0. The number of carboxylic acids is 1.